The topological polar surface area (TPSA) is 65.6 Å². The van der Waals surface area contributed by atoms with Crippen molar-refractivity contribution in [2.45, 2.75) is 50.0 Å². The van der Waals surface area contributed by atoms with E-state index < -0.39 is 0 Å². The summed E-state index contributed by atoms with van der Waals surface area (Å²) in [5.41, 5.74) is 1.58. The Morgan fingerprint density at radius 2 is 1.92 bits per heavy atom. The monoisotopic (exact) mass is 326 g/mol. The lowest BCUT2D eigenvalue weighted by Crippen LogP contribution is -2.64. The van der Waals surface area contributed by atoms with Crippen molar-refractivity contribution in [3.63, 3.8) is 0 Å². The van der Waals surface area contributed by atoms with Gasteiger partial charge in [0.05, 0.1) is 11.7 Å². The molecule has 1 aromatic heterocycles. The van der Waals surface area contributed by atoms with Crippen LogP contribution in [0.1, 0.15) is 36.0 Å². The van der Waals surface area contributed by atoms with Crippen molar-refractivity contribution in [3.8, 4) is 0 Å². The number of piperidine rings is 4. The number of carbonyl (C=O) groups is 1. The van der Waals surface area contributed by atoms with Crippen LogP contribution >= 0.6 is 0 Å². The summed E-state index contributed by atoms with van der Waals surface area (Å²) in [5.74, 6) is 0.216. The molecule has 4 fully saturated rings. The second kappa shape index (κ2) is 5.33. The Hall–Kier alpha value is -1.85. The van der Waals surface area contributed by atoms with Crippen molar-refractivity contribution < 1.29 is 14.6 Å². The number of aliphatic hydroxyl groups is 1. The van der Waals surface area contributed by atoms with Gasteiger partial charge in [0, 0.05) is 48.6 Å². The Morgan fingerprint density at radius 1 is 1.17 bits per heavy atom. The summed E-state index contributed by atoms with van der Waals surface area (Å²) in [6.45, 7) is 0.795. The third-order valence-electron chi connectivity index (χ3n) is 6.18. The number of nitrogens with zero attached hydrogens (tertiary/aromatic N) is 1. The second-order valence-corrected chi connectivity index (χ2v) is 7.55. The molecule has 6 rings (SSSR count). The molecule has 4 aliphatic rings. The first kappa shape index (κ1) is 14.5. The van der Waals surface area contributed by atoms with Gasteiger partial charge in [-0.25, -0.2) is 4.79 Å². The minimum Gasteiger partial charge on any atom is -0.459 e. The molecule has 0 spiro atoms. The van der Waals surface area contributed by atoms with Gasteiger partial charge in [0.2, 0.25) is 0 Å². The van der Waals surface area contributed by atoms with E-state index in [1.54, 1.807) is 6.20 Å². The number of rotatable bonds is 2. The number of H-pyrrole nitrogens is 1. The van der Waals surface area contributed by atoms with Crippen LogP contribution in [-0.2, 0) is 4.74 Å². The zero-order valence-corrected chi connectivity index (χ0v) is 13.5. The first-order chi connectivity index (χ1) is 11.7. The van der Waals surface area contributed by atoms with Crippen LogP contribution in [0, 0.1) is 5.92 Å². The van der Waals surface area contributed by atoms with Crippen molar-refractivity contribution in [1.29, 1.82) is 0 Å². The number of carbonyl (C=O) groups excluding carboxylic acids is 1. The SMILES string of the molecule is O=C(OC1C[C@@H]2CC3C[C@H](C1)N2C[C@@H]3O)c1c[nH]c2ccccc12. The van der Waals surface area contributed by atoms with Crippen molar-refractivity contribution in [1.82, 2.24) is 9.88 Å². The fourth-order valence-electron chi connectivity index (χ4n) is 5.06. The molecule has 24 heavy (non-hydrogen) atoms. The Balaban J connectivity index is 1.32. The minimum absolute atomic E-state index is 0.00592. The number of benzene rings is 1. The van der Waals surface area contributed by atoms with E-state index in [2.05, 4.69) is 9.88 Å². The molecular weight excluding hydrogens is 304 g/mol. The first-order valence-electron chi connectivity index (χ1n) is 8.90. The fraction of sp³-hybridized carbons (Fsp3) is 0.526. The average Bonchev–Trinajstić information content (AvgIpc) is 2.99. The molecule has 0 aliphatic carbocycles. The molecule has 2 N–H and O–H groups in total. The summed E-state index contributed by atoms with van der Waals surface area (Å²) in [6, 6.07) is 8.73. The number of hydrogen-bond acceptors (Lipinski definition) is 4. The molecule has 5 heteroatoms. The number of aromatic amines is 1. The van der Waals surface area contributed by atoms with Crippen LogP contribution in [0.25, 0.3) is 10.9 Å². The van der Waals surface area contributed by atoms with E-state index in [-0.39, 0.29) is 18.2 Å². The van der Waals surface area contributed by atoms with E-state index >= 15 is 0 Å². The lowest BCUT2D eigenvalue weighted by atomic mass is 9.71. The predicted octanol–water partition coefficient (Wildman–Crippen LogP) is 2.31. The molecule has 4 aliphatic heterocycles. The van der Waals surface area contributed by atoms with Gasteiger partial charge in [-0.1, -0.05) is 18.2 Å². The number of nitrogens with one attached hydrogen (secondary N) is 1. The maximum absolute atomic E-state index is 12.6. The maximum Gasteiger partial charge on any atom is 0.340 e. The van der Waals surface area contributed by atoms with Gasteiger partial charge in [0.15, 0.2) is 0 Å². The van der Waals surface area contributed by atoms with Gasteiger partial charge in [-0.15, -0.1) is 0 Å². The van der Waals surface area contributed by atoms with Crippen molar-refractivity contribution in [2.24, 2.45) is 5.92 Å². The van der Waals surface area contributed by atoms with E-state index in [0.717, 1.165) is 43.1 Å². The Bertz CT molecular complexity index is 770. The normalized spacial score (nSPS) is 37.5. The largest absolute Gasteiger partial charge is 0.459 e. The van der Waals surface area contributed by atoms with Crippen LogP contribution in [0.3, 0.4) is 0 Å². The van der Waals surface area contributed by atoms with Crippen molar-refractivity contribution >= 4 is 16.9 Å². The van der Waals surface area contributed by atoms with E-state index in [1.807, 2.05) is 24.3 Å². The highest BCUT2D eigenvalue weighted by atomic mass is 16.5. The molecule has 0 amide bonds. The minimum atomic E-state index is -0.224. The van der Waals surface area contributed by atoms with Gasteiger partial charge in [-0.3, -0.25) is 4.90 Å². The summed E-state index contributed by atoms with van der Waals surface area (Å²) in [7, 11) is 0. The third-order valence-corrected chi connectivity index (χ3v) is 6.18. The van der Waals surface area contributed by atoms with Crippen LogP contribution in [0.2, 0.25) is 0 Å². The molecule has 6 atom stereocenters. The van der Waals surface area contributed by atoms with E-state index in [1.165, 1.54) is 0 Å². The molecule has 2 aromatic rings. The molecular formula is C19H22N2O3. The molecule has 5 nitrogen and oxygen atoms in total. The molecule has 126 valence electrons. The smallest absolute Gasteiger partial charge is 0.340 e. The lowest BCUT2D eigenvalue weighted by molar-refractivity contribution is -0.130. The van der Waals surface area contributed by atoms with E-state index in [4.69, 9.17) is 4.74 Å². The van der Waals surface area contributed by atoms with Crippen LogP contribution in [0.4, 0.5) is 0 Å². The molecule has 5 heterocycles. The quantitative estimate of drug-likeness (QED) is 0.831. The van der Waals surface area contributed by atoms with Crippen LogP contribution < -0.4 is 0 Å². The number of esters is 1. The predicted molar refractivity (Wildman–Crippen MR) is 89.7 cm³/mol. The fourth-order valence-corrected chi connectivity index (χ4v) is 5.06. The number of fused-ring (bicyclic) bond motifs is 2. The molecule has 4 saturated heterocycles. The second-order valence-electron chi connectivity index (χ2n) is 7.55. The summed E-state index contributed by atoms with van der Waals surface area (Å²) < 4.78 is 5.87. The van der Waals surface area contributed by atoms with Gasteiger partial charge >= 0.3 is 5.97 Å². The average molecular weight is 326 g/mol. The summed E-state index contributed by atoms with van der Waals surface area (Å²) in [4.78, 5) is 18.2. The van der Waals surface area contributed by atoms with E-state index in [0.29, 0.717) is 23.6 Å². The number of ether oxygens (including phenoxy) is 1. The number of hydrogen-bond donors (Lipinski definition) is 2. The zero-order valence-electron chi connectivity index (χ0n) is 13.5. The third kappa shape index (κ3) is 2.19. The molecule has 0 saturated carbocycles. The number of para-hydroxylation sites is 1. The van der Waals surface area contributed by atoms with Crippen LogP contribution in [0.15, 0.2) is 30.5 Å². The molecule has 1 aromatic carbocycles. The Kier molecular flexibility index (Phi) is 3.22. The summed E-state index contributed by atoms with van der Waals surface area (Å²) in [5, 5.41) is 11.0. The molecule has 4 bridgehead atoms. The van der Waals surface area contributed by atoms with Crippen LogP contribution in [0.5, 0.6) is 0 Å². The van der Waals surface area contributed by atoms with Gasteiger partial charge in [0.1, 0.15) is 6.10 Å². The highest BCUT2D eigenvalue weighted by Gasteiger charge is 2.49. The summed E-state index contributed by atoms with van der Waals surface area (Å²) >= 11 is 0. The van der Waals surface area contributed by atoms with Gasteiger partial charge in [0.25, 0.3) is 0 Å². The first-order valence-corrected chi connectivity index (χ1v) is 8.90. The zero-order chi connectivity index (χ0) is 16.3. The molecule has 3 unspecified atom stereocenters. The standard InChI is InChI=1S/C19H22N2O3/c22-18-10-21-12-5-11(18)6-13(21)8-14(7-12)24-19(23)16-9-20-17-4-2-1-3-15(16)17/h1-4,9,11-14,18,20,22H,5-8,10H2/t11?,12-,13+,14?,18-/m0/s1. The van der Waals surface area contributed by atoms with E-state index in [9.17, 15) is 9.90 Å². The number of aromatic nitrogens is 1. The Morgan fingerprint density at radius 3 is 2.67 bits per heavy atom. The number of aliphatic hydroxyl groups excluding tert-OH is 1. The van der Waals surface area contributed by atoms with Crippen molar-refractivity contribution in [3.05, 3.63) is 36.0 Å². The molecule has 0 radical (unpaired) electrons. The van der Waals surface area contributed by atoms with Gasteiger partial charge in [-0.2, -0.15) is 0 Å². The van der Waals surface area contributed by atoms with Crippen LogP contribution in [-0.4, -0.2) is 51.8 Å². The maximum atomic E-state index is 12.6. The van der Waals surface area contributed by atoms with Crippen molar-refractivity contribution in [2.75, 3.05) is 6.54 Å². The van der Waals surface area contributed by atoms with Gasteiger partial charge < -0.3 is 14.8 Å². The summed E-state index contributed by atoms with van der Waals surface area (Å²) in [6.07, 6.45) is 5.45. The highest BCUT2D eigenvalue weighted by Crippen LogP contribution is 2.43. The van der Waals surface area contributed by atoms with Gasteiger partial charge in [-0.05, 0) is 24.8 Å². The highest BCUT2D eigenvalue weighted by molar-refractivity contribution is 6.04. The Labute approximate surface area is 140 Å². The lowest BCUT2D eigenvalue weighted by Gasteiger charge is -2.56.